The minimum Gasteiger partial charge on any atom is -0.381 e. The van der Waals surface area contributed by atoms with Crippen LogP contribution in [0.5, 0.6) is 0 Å². The second kappa shape index (κ2) is 7.85. The van der Waals surface area contributed by atoms with Gasteiger partial charge in [-0.15, -0.1) is 0 Å². The Bertz CT molecular complexity index is 946. The lowest BCUT2D eigenvalue weighted by atomic mass is 10.0. The van der Waals surface area contributed by atoms with E-state index in [0.29, 0.717) is 24.7 Å². The predicted molar refractivity (Wildman–Crippen MR) is 103 cm³/mol. The molecule has 0 atom stereocenters. The van der Waals surface area contributed by atoms with E-state index in [1.807, 2.05) is 24.3 Å². The number of amides is 1. The molecule has 1 aliphatic heterocycles. The molecule has 3 heterocycles. The number of rotatable bonds is 5. The zero-order valence-corrected chi connectivity index (χ0v) is 15.1. The number of nitrogens with two attached hydrogens (primary N) is 1. The van der Waals surface area contributed by atoms with E-state index >= 15 is 0 Å². The molecule has 0 aliphatic carbocycles. The Morgan fingerprint density at radius 1 is 1.22 bits per heavy atom. The largest absolute Gasteiger partial charge is 0.381 e. The first-order valence-corrected chi connectivity index (χ1v) is 9.23. The number of hydrogen-bond acceptors (Lipinski definition) is 5. The van der Waals surface area contributed by atoms with Gasteiger partial charge in [-0.2, -0.15) is 5.10 Å². The highest BCUT2D eigenvalue weighted by Gasteiger charge is 2.18. The molecule has 0 radical (unpaired) electrons. The van der Waals surface area contributed by atoms with Gasteiger partial charge in [-0.1, -0.05) is 6.07 Å². The van der Waals surface area contributed by atoms with E-state index in [0.717, 1.165) is 53.6 Å². The number of H-pyrrole nitrogens is 1. The second-order valence-corrected chi connectivity index (χ2v) is 6.88. The van der Waals surface area contributed by atoms with E-state index < -0.39 is 0 Å². The van der Waals surface area contributed by atoms with E-state index in [1.54, 1.807) is 12.4 Å². The van der Waals surface area contributed by atoms with Crippen molar-refractivity contribution in [3.63, 3.8) is 0 Å². The summed E-state index contributed by atoms with van der Waals surface area (Å²) in [5.41, 5.74) is 9.87. The summed E-state index contributed by atoms with van der Waals surface area (Å²) in [5.74, 6) is 0.312. The summed E-state index contributed by atoms with van der Waals surface area (Å²) in [6, 6.07) is 7.90. The van der Waals surface area contributed by atoms with Crippen molar-refractivity contribution in [1.82, 2.24) is 20.5 Å². The highest BCUT2D eigenvalue weighted by Crippen LogP contribution is 2.25. The van der Waals surface area contributed by atoms with Crippen LogP contribution in [0.3, 0.4) is 0 Å². The molecule has 3 aromatic rings. The number of hydrogen-bond donors (Lipinski definition) is 3. The molecule has 0 unspecified atom stereocenters. The first kappa shape index (κ1) is 17.6. The van der Waals surface area contributed by atoms with Crippen LogP contribution in [0.15, 0.2) is 36.7 Å². The van der Waals surface area contributed by atoms with Gasteiger partial charge in [-0.3, -0.25) is 14.9 Å². The van der Waals surface area contributed by atoms with Crippen LogP contribution < -0.4 is 11.1 Å². The molecule has 4 rings (SSSR count). The quantitative estimate of drug-likeness (QED) is 0.643. The smallest absolute Gasteiger partial charge is 0.272 e. The summed E-state index contributed by atoms with van der Waals surface area (Å²) in [7, 11) is 0. The number of aromatic amines is 1. The lowest BCUT2D eigenvalue weighted by Crippen LogP contribution is -2.32. The van der Waals surface area contributed by atoms with Gasteiger partial charge in [0.15, 0.2) is 5.69 Å². The van der Waals surface area contributed by atoms with Crippen molar-refractivity contribution in [2.24, 2.45) is 11.7 Å². The number of ether oxygens (including phenoxy) is 1. The molecule has 0 spiro atoms. The molecule has 4 N–H and O–H groups in total. The summed E-state index contributed by atoms with van der Waals surface area (Å²) in [4.78, 5) is 16.9. The highest BCUT2D eigenvalue weighted by atomic mass is 16.5. The third-order valence-electron chi connectivity index (χ3n) is 5.03. The number of nitrogens with zero attached hydrogens (tertiary/aromatic N) is 2. The fraction of sp³-hybridized carbons (Fsp3) is 0.350. The van der Waals surface area contributed by atoms with Gasteiger partial charge in [0.2, 0.25) is 0 Å². The number of benzene rings is 1. The van der Waals surface area contributed by atoms with Crippen LogP contribution in [-0.2, 0) is 11.3 Å². The molecule has 7 nitrogen and oxygen atoms in total. The monoisotopic (exact) mass is 365 g/mol. The molecule has 1 saturated heterocycles. The molecule has 27 heavy (non-hydrogen) atoms. The average Bonchev–Trinajstić information content (AvgIpc) is 3.16. The molecular weight excluding hydrogens is 342 g/mol. The molecule has 1 aliphatic rings. The van der Waals surface area contributed by atoms with Crippen molar-refractivity contribution < 1.29 is 9.53 Å². The molecule has 1 fully saturated rings. The van der Waals surface area contributed by atoms with Crippen LogP contribution in [-0.4, -0.2) is 40.8 Å². The maximum atomic E-state index is 12.7. The van der Waals surface area contributed by atoms with Crippen molar-refractivity contribution in [3.8, 4) is 11.1 Å². The summed E-state index contributed by atoms with van der Waals surface area (Å²) in [5, 5.41) is 11.0. The van der Waals surface area contributed by atoms with Crippen molar-refractivity contribution >= 4 is 16.8 Å². The van der Waals surface area contributed by atoms with Crippen LogP contribution in [0, 0.1) is 5.92 Å². The van der Waals surface area contributed by atoms with E-state index in [4.69, 9.17) is 10.5 Å². The number of nitrogens with one attached hydrogen (secondary N) is 2. The van der Waals surface area contributed by atoms with Crippen molar-refractivity contribution in [1.29, 1.82) is 0 Å². The molecule has 0 bridgehead atoms. The molecule has 1 aromatic carbocycles. The summed E-state index contributed by atoms with van der Waals surface area (Å²) in [6.07, 6.45) is 5.52. The third-order valence-corrected chi connectivity index (χ3v) is 5.03. The minimum atomic E-state index is -0.154. The van der Waals surface area contributed by atoms with E-state index in [-0.39, 0.29) is 5.91 Å². The third kappa shape index (κ3) is 3.84. The Balaban J connectivity index is 1.57. The van der Waals surface area contributed by atoms with Crippen LogP contribution in [0.25, 0.3) is 22.0 Å². The minimum absolute atomic E-state index is 0.154. The predicted octanol–water partition coefficient (Wildman–Crippen LogP) is 2.24. The fourth-order valence-electron chi connectivity index (χ4n) is 3.40. The van der Waals surface area contributed by atoms with Gasteiger partial charge in [-0.25, -0.2) is 0 Å². The van der Waals surface area contributed by atoms with E-state index in [2.05, 4.69) is 20.5 Å². The molecule has 140 valence electrons. The lowest BCUT2D eigenvalue weighted by molar-refractivity contribution is 0.0642. The fourth-order valence-corrected chi connectivity index (χ4v) is 3.40. The summed E-state index contributed by atoms with van der Waals surface area (Å²) < 4.78 is 5.37. The molecule has 0 saturated carbocycles. The topological polar surface area (TPSA) is 106 Å². The number of aromatic nitrogens is 3. The molecule has 7 heteroatoms. The summed E-state index contributed by atoms with van der Waals surface area (Å²) >= 11 is 0. The van der Waals surface area contributed by atoms with E-state index in [9.17, 15) is 4.79 Å². The maximum absolute atomic E-state index is 12.7. The Morgan fingerprint density at radius 2 is 2.07 bits per heavy atom. The van der Waals surface area contributed by atoms with Crippen molar-refractivity contribution in [3.05, 3.63) is 47.9 Å². The van der Waals surface area contributed by atoms with Crippen LogP contribution in [0.1, 0.15) is 28.9 Å². The van der Waals surface area contributed by atoms with Gasteiger partial charge in [-0.05, 0) is 48.1 Å². The number of carbonyl (C=O) groups excluding carboxylic acids is 1. The standard InChI is InChI=1S/C20H23N5O2/c21-9-14-7-16(12-22-10-14)15-1-2-18-17(8-15)19(25-24-18)20(26)23-11-13-3-5-27-6-4-13/h1-2,7-8,10,12-13H,3-6,9,11,21H2,(H,23,26)(H,24,25). The number of fused-ring (bicyclic) bond motifs is 1. The first-order valence-electron chi connectivity index (χ1n) is 9.23. The molecule has 1 amide bonds. The SMILES string of the molecule is NCc1cncc(-c2ccc3[nH]nc(C(=O)NCC4CCOCC4)c3c2)c1. The Hall–Kier alpha value is -2.77. The molecular formula is C20H23N5O2. The van der Waals surface area contributed by atoms with Gasteiger partial charge in [0.25, 0.3) is 5.91 Å². The zero-order valence-electron chi connectivity index (χ0n) is 15.1. The van der Waals surface area contributed by atoms with Crippen LogP contribution in [0.4, 0.5) is 0 Å². The first-order chi connectivity index (χ1) is 13.2. The van der Waals surface area contributed by atoms with Gasteiger partial charge < -0.3 is 15.8 Å². The summed E-state index contributed by atoms with van der Waals surface area (Å²) in [6.45, 7) is 2.63. The lowest BCUT2D eigenvalue weighted by Gasteiger charge is -2.21. The maximum Gasteiger partial charge on any atom is 0.272 e. The van der Waals surface area contributed by atoms with E-state index in [1.165, 1.54) is 0 Å². The van der Waals surface area contributed by atoms with Gasteiger partial charge in [0, 0.05) is 49.6 Å². The zero-order chi connectivity index (χ0) is 18.6. The van der Waals surface area contributed by atoms with Gasteiger partial charge in [0.1, 0.15) is 0 Å². The Labute approximate surface area is 157 Å². The van der Waals surface area contributed by atoms with Gasteiger partial charge in [0.05, 0.1) is 5.52 Å². The number of carbonyl (C=O) groups is 1. The van der Waals surface area contributed by atoms with Crippen molar-refractivity contribution in [2.45, 2.75) is 19.4 Å². The second-order valence-electron chi connectivity index (χ2n) is 6.88. The average molecular weight is 365 g/mol. The van der Waals surface area contributed by atoms with Crippen LogP contribution in [0.2, 0.25) is 0 Å². The normalized spacial score (nSPS) is 15.1. The van der Waals surface area contributed by atoms with Gasteiger partial charge >= 0.3 is 0 Å². The Morgan fingerprint density at radius 3 is 2.89 bits per heavy atom. The molecule has 2 aromatic heterocycles. The number of pyridine rings is 1. The Kier molecular flexibility index (Phi) is 5.13. The highest BCUT2D eigenvalue weighted by molar-refractivity contribution is 6.05. The van der Waals surface area contributed by atoms with Crippen molar-refractivity contribution in [2.75, 3.05) is 19.8 Å². The van der Waals surface area contributed by atoms with Crippen LogP contribution >= 0.6 is 0 Å².